The summed E-state index contributed by atoms with van der Waals surface area (Å²) in [6.07, 6.45) is -4.78. The number of fused-ring (bicyclic) bond motifs is 1. The minimum Gasteiger partial charge on any atom is -0.370 e. The molecule has 2 aromatic carbocycles. The monoisotopic (exact) mass is 375 g/mol. The molecule has 140 valence electrons. The number of benzene rings is 2. The average Bonchev–Trinajstić information content (AvgIpc) is 3.12. The van der Waals surface area contributed by atoms with Crippen molar-refractivity contribution in [2.45, 2.75) is 12.3 Å². The lowest BCUT2D eigenvalue weighted by Gasteiger charge is -2.33. The van der Waals surface area contributed by atoms with Gasteiger partial charge in [-0.05, 0) is 23.8 Å². The molecule has 0 spiro atoms. The molecular weight excluding hydrogens is 359 g/mol. The van der Waals surface area contributed by atoms with E-state index in [1.807, 2.05) is 30.3 Å². The van der Waals surface area contributed by atoms with E-state index in [1.165, 1.54) is 18.2 Å². The van der Waals surface area contributed by atoms with Gasteiger partial charge in [-0.15, -0.1) is 0 Å². The summed E-state index contributed by atoms with van der Waals surface area (Å²) in [6.45, 7) is 1.21. The quantitative estimate of drug-likeness (QED) is 0.741. The highest BCUT2D eigenvalue weighted by atomic mass is 19.4. The molecule has 0 radical (unpaired) electrons. The molecular formula is C19H16F3N3O2. The third kappa shape index (κ3) is 3.52. The smallest absolute Gasteiger partial charge is 0.370 e. The summed E-state index contributed by atoms with van der Waals surface area (Å²) in [5.74, 6) is -1.32. The van der Waals surface area contributed by atoms with Gasteiger partial charge in [-0.25, -0.2) is 4.98 Å². The maximum absolute atomic E-state index is 12.8. The van der Waals surface area contributed by atoms with Crippen LogP contribution in [0.1, 0.15) is 27.8 Å². The van der Waals surface area contributed by atoms with Crippen LogP contribution >= 0.6 is 0 Å². The maximum Gasteiger partial charge on any atom is 0.449 e. The number of morpholine rings is 1. The number of nitrogens with zero attached hydrogens (tertiary/aromatic N) is 2. The van der Waals surface area contributed by atoms with Gasteiger partial charge in [0.25, 0.3) is 5.91 Å². The Kier molecular flexibility index (Phi) is 4.35. The van der Waals surface area contributed by atoms with E-state index in [4.69, 9.17) is 4.74 Å². The number of aromatic amines is 1. The van der Waals surface area contributed by atoms with Gasteiger partial charge >= 0.3 is 6.18 Å². The van der Waals surface area contributed by atoms with Crippen LogP contribution in [-0.2, 0) is 10.9 Å². The first kappa shape index (κ1) is 17.5. The van der Waals surface area contributed by atoms with Crippen LogP contribution in [0.4, 0.5) is 13.2 Å². The van der Waals surface area contributed by atoms with Crippen molar-refractivity contribution >= 4 is 16.9 Å². The minimum absolute atomic E-state index is 0.169. The molecule has 1 atom stereocenters. The molecule has 1 aliphatic rings. The molecule has 2 heterocycles. The number of H-pyrrole nitrogens is 1. The summed E-state index contributed by atoms with van der Waals surface area (Å²) in [6, 6.07) is 13.9. The first-order valence-electron chi connectivity index (χ1n) is 8.44. The number of carbonyl (C=O) groups excluding carboxylic acids is 1. The number of carbonyl (C=O) groups is 1. The van der Waals surface area contributed by atoms with Crippen LogP contribution in [0.15, 0.2) is 48.5 Å². The van der Waals surface area contributed by atoms with Gasteiger partial charge in [-0.2, -0.15) is 13.2 Å². The van der Waals surface area contributed by atoms with Crippen LogP contribution in [-0.4, -0.2) is 40.5 Å². The van der Waals surface area contributed by atoms with Gasteiger partial charge < -0.3 is 14.6 Å². The Labute approximate surface area is 152 Å². The summed E-state index contributed by atoms with van der Waals surface area (Å²) >= 11 is 0. The maximum atomic E-state index is 12.8. The van der Waals surface area contributed by atoms with Gasteiger partial charge in [0.2, 0.25) is 5.82 Å². The second-order valence-corrected chi connectivity index (χ2v) is 6.34. The van der Waals surface area contributed by atoms with Gasteiger partial charge in [-0.1, -0.05) is 30.3 Å². The SMILES string of the molecule is O=C(c1ccc2nc(C(F)(F)F)[nH]c2c1)N1CCO[C@@H](c2ccccc2)C1. The predicted molar refractivity (Wildman–Crippen MR) is 92.1 cm³/mol. The second-order valence-electron chi connectivity index (χ2n) is 6.34. The molecule has 3 aromatic rings. The van der Waals surface area contributed by atoms with Crippen LogP contribution in [0.5, 0.6) is 0 Å². The normalized spacial score (nSPS) is 18.0. The lowest BCUT2D eigenvalue weighted by Crippen LogP contribution is -2.42. The molecule has 0 bridgehead atoms. The summed E-state index contributed by atoms with van der Waals surface area (Å²) in [5.41, 5.74) is 1.64. The number of halogens is 3. The largest absolute Gasteiger partial charge is 0.449 e. The third-order valence-electron chi connectivity index (χ3n) is 4.52. The molecule has 1 aliphatic heterocycles. The first-order valence-corrected chi connectivity index (χ1v) is 8.44. The molecule has 27 heavy (non-hydrogen) atoms. The van der Waals surface area contributed by atoms with E-state index in [9.17, 15) is 18.0 Å². The molecule has 0 aliphatic carbocycles. The van der Waals surface area contributed by atoms with E-state index in [1.54, 1.807) is 4.90 Å². The zero-order valence-electron chi connectivity index (χ0n) is 14.2. The number of ether oxygens (including phenoxy) is 1. The molecule has 4 rings (SSSR count). The number of aromatic nitrogens is 2. The van der Waals surface area contributed by atoms with Crippen molar-refractivity contribution < 1.29 is 22.7 Å². The Morgan fingerprint density at radius 2 is 1.96 bits per heavy atom. The second kappa shape index (κ2) is 6.70. The van der Waals surface area contributed by atoms with Crippen molar-refractivity contribution in [2.24, 2.45) is 0 Å². The van der Waals surface area contributed by atoms with Gasteiger partial charge in [0.15, 0.2) is 0 Å². The molecule has 1 N–H and O–H groups in total. The molecule has 0 saturated carbocycles. The van der Waals surface area contributed by atoms with Crippen molar-refractivity contribution in [2.75, 3.05) is 19.7 Å². The van der Waals surface area contributed by atoms with E-state index in [2.05, 4.69) is 9.97 Å². The van der Waals surface area contributed by atoms with Crippen LogP contribution in [0.25, 0.3) is 11.0 Å². The summed E-state index contributed by atoms with van der Waals surface area (Å²) in [4.78, 5) is 20.3. The van der Waals surface area contributed by atoms with E-state index in [0.717, 1.165) is 5.56 Å². The van der Waals surface area contributed by atoms with Crippen molar-refractivity contribution in [1.29, 1.82) is 0 Å². The first-order chi connectivity index (χ1) is 12.9. The highest BCUT2D eigenvalue weighted by molar-refractivity contribution is 5.97. The zero-order chi connectivity index (χ0) is 19.0. The Bertz CT molecular complexity index is 969. The van der Waals surface area contributed by atoms with Crippen molar-refractivity contribution in [3.05, 3.63) is 65.5 Å². The molecule has 0 unspecified atom stereocenters. The van der Waals surface area contributed by atoms with Gasteiger partial charge in [-0.3, -0.25) is 4.79 Å². The van der Waals surface area contributed by atoms with E-state index >= 15 is 0 Å². The summed E-state index contributed by atoms with van der Waals surface area (Å²) in [5, 5.41) is 0. The van der Waals surface area contributed by atoms with Gasteiger partial charge in [0, 0.05) is 12.1 Å². The molecule has 1 amide bonds. The Balaban J connectivity index is 1.56. The number of hydrogen-bond donors (Lipinski definition) is 1. The highest BCUT2D eigenvalue weighted by Gasteiger charge is 2.35. The Hall–Kier alpha value is -2.87. The highest BCUT2D eigenvalue weighted by Crippen LogP contribution is 2.29. The van der Waals surface area contributed by atoms with E-state index < -0.39 is 12.0 Å². The van der Waals surface area contributed by atoms with Gasteiger partial charge in [0.05, 0.1) is 24.2 Å². The van der Waals surface area contributed by atoms with Crippen LogP contribution in [0.3, 0.4) is 0 Å². The summed E-state index contributed by atoms with van der Waals surface area (Å²) < 4.78 is 44.1. The molecule has 1 saturated heterocycles. The van der Waals surface area contributed by atoms with Crippen molar-refractivity contribution in [3.63, 3.8) is 0 Å². The molecule has 1 aromatic heterocycles. The zero-order valence-corrected chi connectivity index (χ0v) is 14.2. The summed E-state index contributed by atoms with van der Waals surface area (Å²) in [7, 11) is 0. The number of alkyl halides is 3. The topological polar surface area (TPSA) is 58.2 Å². The van der Waals surface area contributed by atoms with E-state index in [-0.39, 0.29) is 23.0 Å². The van der Waals surface area contributed by atoms with Gasteiger partial charge in [0.1, 0.15) is 6.10 Å². The van der Waals surface area contributed by atoms with Crippen LogP contribution < -0.4 is 0 Å². The molecule has 1 fully saturated rings. The lowest BCUT2D eigenvalue weighted by molar-refractivity contribution is -0.144. The fourth-order valence-electron chi connectivity index (χ4n) is 3.16. The van der Waals surface area contributed by atoms with Crippen LogP contribution in [0.2, 0.25) is 0 Å². The number of nitrogens with one attached hydrogen (secondary N) is 1. The average molecular weight is 375 g/mol. The predicted octanol–water partition coefficient (Wildman–Crippen LogP) is 3.80. The fourth-order valence-corrected chi connectivity index (χ4v) is 3.16. The molecule has 5 nitrogen and oxygen atoms in total. The number of amides is 1. The lowest BCUT2D eigenvalue weighted by atomic mass is 10.1. The number of rotatable bonds is 2. The van der Waals surface area contributed by atoms with Crippen molar-refractivity contribution in [3.8, 4) is 0 Å². The minimum atomic E-state index is -4.56. The van der Waals surface area contributed by atoms with Crippen molar-refractivity contribution in [1.82, 2.24) is 14.9 Å². The Morgan fingerprint density at radius 3 is 2.70 bits per heavy atom. The fraction of sp³-hybridized carbons (Fsp3) is 0.263. The number of hydrogen-bond acceptors (Lipinski definition) is 3. The number of imidazole rings is 1. The standard InChI is InChI=1S/C19H16F3N3O2/c20-19(21,22)18-23-14-7-6-13(10-15(14)24-18)17(26)25-8-9-27-16(11-25)12-4-2-1-3-5-12/h1-7,10,16H,8-9,11H2,(H,23,24)/t16-/m1/s1. The Morgan fingerprint density at radius 1 is 1.19 bits per heavy atom. The molecule has 8 heteroatoms. The third-order valence-corrected chi connectivity index (χ3v) is 4.52. The van der Waals surface area contributed by atoms with Crippen LogP contribution in [0, 0.1) is 0 Å². The van der Waals surface area contributed by atoms with E-state index in [0.29, 0.717) is 25.3 Å².